The molecule has 0 spiro atoms. The number of rotatable bonds is 1. The van der Waals surface area contributed by atoms with Gasteiger partial charge in [0, 0.05) is 5.56 Å². The standard InChI is InChI=1S/C12H13N3/c13-12-11(7-14-15-12)10-5-4-8-2-1-3-9(8)6-10/h4-7H,1-3H2,(H3,13,14,15). The Kier molecular flexibility index (Phi) is 1.78. The summed E-state index contributed by atoms with van der Waals surface area (Å²) in [6.07, 6.45) is 5.48. The number of aromatic amines is 1. The molecule has 1 aromatic carbocycles. The van der Waals surface area contributed by atoms with Gasteiger partial charge in [-0.05, 0) is 36.0 Å². The van der Waals surface area contributed by atoms with Gasteiger partial charge >= 0.3 is 0 Å². The number of aryl methyl sites for hydroxylation is 2. The normalized spacial score (nSPS) is 14.1. The maximum absolute atomic E-state index is 5.80. The van der Waals surface area contributed by atoms with E-state index in [0.29, 0.717) is 5.82 Å². The van der Waals surface area contributed by atoms with Crippen molar-refractivity contribution in [3.8, 4) is 11.1 Å². The summed E-state index contributed by atoms with van der Waals surface area (Å²) >= 11 is 0. The second-order valence-electron chi connectivity index (χ2n) is 4.03. The Morgan fingerprint density at radius 3 is 2.87 bits per heavy atom. The predicted octanol–water partition coefficient (Wildman–Crippen LogP) is 2.15. The molecule has 3 nitrogen and oxygen atoms in total. The van der Waals surface area contributed by atoms with Gasteiger partial charge < -0.3 is 5.73 Å². The van der Waals surface area contributed by atoms with E-state index in [1.807, 2.05) is 0 Å². The molecule has 0 fully saturated rings. The minimum atomic E-state index is 0.646. The molecule has 0 atom stereocenters. The van der Waals surface area contributed by atoms with Crippen LogP contribution in [0.1, 0.15) is 17.5 Å². The van der Waals surface area contributed by atoms with Crippen molar-refractivity contribution in [2.24, 2.45) is 0 Å². The molecule has 0 unspecified atom stereocenters. The third kappa shape index (κ3) is 1.31. The summed E-state index contributed by atoms with van der Waals surface area (Å²) in [5, 5.41) is 6.70. The first-order valence-corrected chi connectivity index (χ1v) is 5.25. The Balaban J connectivity index is 2.11. The predicted molar refractivity (Wildman–Crippen MR) is 60.5 cm³/mol. The lowest BCUT2D eigenvalue weighted by molar-refractivity contribution is 0.912. The van der Waals surface area contributed by atoms with Gasteiger partial charge in [-0.2, -0.15) is 5.10 Å². The number of nitrogens with two attached hydrogens (primary N) is 1. The van der Waals surface area contributed by atoms with E-state index in [-0.39, 0.29) is 0 Å². The zero-order valence-corrected chi connectivity index (χ0v) is 8.46. The van der Waals surface area contributed by atoms with Crippen LogP contribution in [0.5, 0.6) is 0 Å². The molecule has 0 saturated heterocycles. The van der Waals surface area contributed by atoms with E-state index in [1.165, 1.54) is 36.0 Å². The molecule has 1 heterocycles. The number of aromatic nitrogens is 2. The second kappa shape index (κ2) is 3.12. The molecule has 3 N–H and O–H groups in total. The van der Waals surface area contributed by atoms with Crippen molar-refractivity contribution in [1.82, 2.24) is 10.2 Å². The highest BCUT2D eigenvalue weighted by molar-refractivity contribution is 5.73. The molecular formula is C12H13N3. The lowest BCUT2D eigenvalue weighted by atomic mass is 10.0. The Morgan fingerprint density at radius 2 is 2.07 bits per heavy atom. The Morgan fingerprint density at radius 1 is 1.20 bits per heavy atom. The molecule has 3 rings (SSSR count). The van der Waals surface area contributed by atoms with E-state index >= 15 is 0 Å². The number of fused-ring (bicyclic) bond motifs is 1. The van der Waals surface area contributed by atoms with Crippen LogP contribution in [0.15, 0.2) is 24.4 Å². The average molecular weight is 199 g/mol. The number of nitrogen functional groups attached to an aromatic ring is 1. The van der Waals surface area contributed by atoms with Crippen molar-refractivity contribution < 1.29 is 0 Å². The van der Waals surface area contributed by atoms with Crippen LogP contribution >= 0.6 is 0 Å². The van der Waals surface area contributed by atoms with Gasteiger partial charge in [0.05, 0.1) is 6.20 Å². The van der Waals surface area contributed by atoms with Gasteiger partial charge in [-0.25, -0.2) is 0 Å². The number of hydrogen-bond acceptors (Lipinski definition) is 2. The number of benzene rings is 1. The molecule has 3 heteroatoms. The van der Waals surface area contributed by atoms with E-state index < -0.39 is 0 Å². The average Bonchev–Trinajstić information content (AvgIpc) is 2.84. The van der Waals surface area contributed by atoms with Gasteiger partial charge in [-0.15, -0.1) is 0 Å². The fourth-order valence-corrected chi connectivity index (χ4v) is 2.27. The summed E-state index contributed by atoms with van der Waals surface area (Å²) in [6.45, 7) is 0. The maximum Gasteiger partial charge on any atom is 0.126 e. The molecule has 1 aliphatic rings. The van der Waals surface area contributed by atoms with Crippen LogP contribution in [0.25, 0.3) is 11.1 Å². The number of nitrogens with one attached hydrogen (secondary N) is 1. The quantitative estimate of drug-likeness (QED) is 0.739. The van der Waals surface area contributed by atoms with Crippen LogP contribution in [-0.2, 0) is 12.8 Å². The highest BCUT2D eigenvalue weighted by atomic mass is 15.1. The SMILES string of the molecule is Nc1[nH]ncc1-c1ccc2c(c1)CCC2. The van der Waals surface area contributed by atoms with Crippen LogP contribution in [0.3, 0.4) is 0 Å². The van der Waals surface area contributed by atoms with E-state index in [0.717, 1.165) is 5.56 Å². The van der Waals surface area contributed by atoms with Crippen molar-refractivity contribution in [3.05, 3.63) is 35.5 Å². The van der Waals surface area contributed by atoms with E-state index in [9.17, 15) is 0 Å². The summed E-state index contributed by atoms with van der Waals surface area (Å²) in [4.78, 5) is 0. The summed E-state index contributed by atoms with van der Waals surface area (Å²) in [7, 11) is 0. The number of hydrogen-bond donors (Lipinski definition) is 2. The summed E-state index contributed by atoms with van der Waals surface area (Å²) in [5.74, 6) is 0.646. The summed E-state index contributed by atoms with van der Waals surface area (Å²) in [6, 6.07) is 6.58. The van der Waals surface area contributed by atoms with Crippen LogP contribution in [-0.4, -0.2) is 10.2 Å². The van der Waals surface area contributed by atoms with Crippen LogP contribution < -0.4 is 5.73 Å². The molecule has 0 saturated carbocycles. The van der Waals surface area contributed by atoms with Crippen molar-refractivity contribution in [3.63, 3.8) is 0 Å². The molecule has 15 heavy (non-hydrogen) atoms. The first-order valence-electron chi connectivity index (χ1n) is 5.25. The molecule has 1 aromatic heterocycles. The van der Waals surface area contributed by atoms with Crippen LogP contribution in [0.2, 0.25) is 0 Å². The zero-order valence-electron chi connectivity index (χ0n) is 8.46. The Hall–Kier alpha value is -1.77. The lowest BCUT2D eigenvalue weighted by Crippen LogP contribution is -1.89. The smallest absolute Gasteiger partial charge is 0.126 e. The topological polar surface area (TPSA) is 54.7 Å². The summed E-state index contributed by atoms with van der Waals surface area (Å²) < 4.78 is 0. The Labute approximate surface area is 88.3 Å². The van der Waals surface area contributed by atoms with Crippen molar-refractivity contribution >= 4 is 5.82 Å². The van der Waals surface area contributed by atoms with Crippen LogP contribution in [0.4, 0.5) is 5.82 Å². The largest absolute Gasteiger partial charge is 0.384 e. The van der Waals surface area contributed by atoms with Gasteiger partial charge in [-0.1, -0.05) is 18.2 Å². The lowest BCUT2D eigenvalue weighted by Gasteiger charge is -2.03. The molecule has 0 bridgehead atoms. The fourth-order valence-electron chi connectivity index (χ4n) is 2.27. The molecule has 1 aliphatic carbocycles. The van der Waals surface area contributed by atoms with Crippen molar-refractivity contribution in [2.45, 2.75) is 19.3 Å². The van der Waals surface area contributed by atoms with Gasteiger partial charge in [0.25, 0.3) is 0 Å². The highest BCUT2D eigenvalue weighted by Gasteiger charge is 2.12. The van der Waals surface area contributed by atoms with Crippen LogP contribution in [0, 0.1) is 0 Å². The Bertz CT molecular complexity index is 499. The van der Waals surface area contributed by atoms with Gasteiger partial charge in [0.1, 0.15) is 5.82 Å². The zero-order chi connectivity index (χ0) is 10.3. The minimum absolute atomic E-state index is 0.646. The number of H-pyrrole nitrogens is 1. The molecule has 0 radical (unpaired) electrons. The monoisotopic (exact) mass is 199 g/mol. The van der Waals surface area contributed by atoms with Gasteiger partial charge in [0.15, 0.2) is 0 Å². The number of anilines is 1. The molecule has 0 aliphatic heterocycles. The maximum atomic E-state index is 5.80. The van der Waals surface area contributed by atoms with E-state index in [4.69, 9.17) is 5.73 Å². The molecule has 2 aromatic rings. The molecule has 76 valence electrons. The fraction of sp³-hybridized carbons (Fsp3) is 0.250. The van der Waals surface area contributed by atoms with E-state index in [2.05, 4.69) is 28.4 Å². The number of nitrogens with zero attached hydrogens (tertiary/aromatic N) is 1. The first kappa shape index (κ1) is 8.53. The summed E-state index contributed by atoms with van der Waals surface area (Å²) in [5.41, 5.74) is 10.9. The third-order valence-electron chi connectivity index (χ3n) is 3.08. The van der Waals surface area contributed by atoms with Gasteiger partial charge in [0.2, 0.25) is 0 Å². The third-order valence-corrected chi connectivity index (χ3v) is 3.08. The van der Waals surface area contributed by atoms with Crippen molar-refractivity contribution in [1.29, 1.82) is 0 Å². The van der Waals surface area contributed by atoms with Crippen molar-refractivity contribution in [2.75, 3.05) is 5.73 Å². The van der Waals surface area contributed by atoms with E-state index in [1.54, 1.807) is 6.20 Å². The second-order valence-corrected chi connectivity index (χ2v) is 4.03. The highest BCUT2D eigenvalue weighted by Crippen LogP contribution is 2.29. The molecular weight excluding hydrogens is 186 g/mol. The van der Waals surface area contributed by atoms with Gasteiger partial charge in [-0.3, -0.25) is 5.10 Å². The molecule has 0 amide bonds. The minimum Gasteiger partial charge on any atom is -0.384 e. The first-order chi connectivity index (χ1) is 7.34.